The first-order valence-corrected chi connectivity index (χ1v) is 6.91. The van der Waals surface area contributed by atoms with Crippen molar-refractivity contribution in [3.63, 3.8) is 0 Å². The zero-order chi connectivity index (χ0) is 13.7. The average Bonchev–Trinajstić information content (AvgIpc) is 2.42. The van der Waals surface area contributed by atoms with Gasteiger partial charge < -0.3 is 0 Å². The number of hydrogen-bond acceptors (Lipinski definition) is 2. The van der Waals surface area contributed by atoms with Crippen molar-refractivity contribution < 1.29 is 9.59 Å². The Bertz CT molecular complexity index is 471. The van der Waals surface area contributed by atoms with E-state index in [9.17, 15) is 9.59 Å². The summed E-state index contributed by atoms with van der Waals surface area (Å²) in [5.74, 6) is -0.197. The van der Waals surface area contributed by atoms with Crippen LogP contribution >= 0.6 is 0 Å². The summed E-state index contributed by atoms with van der Waals surface area (Å²) in [6.45, 7) is 2.72. The van der Waals surface area contributed by atoms with Crippen LogP contribution in [0.5, 0.6) is 0 Å². The van der Waals surface area contributed by atoms with Gasteiger partial charge in [-0.3, -0.25) is 20.0 Å². The quantitative estimate of drug-likeness (QED) is 0.903. The molecule has 0 aromatic heterocycles. The SMILES string of the molecule is CCCc1cccc(C(=O)NN2CCCCC2=O)c1. The molecule has 1 aliphatic rings. The lowest BCUT2D eigenvalue weighted by Gasteiger charge is -2.26. The average molecular weight is 260 g/mol. The van der Waals surface area contributed by atoms with Crippen LogP contribution in [0.4, 0.5) is 0 Å². The van der Waals surface area contributed by atoms with Crippen molar-refractivity contribution in [2.45, 2.75) is 39.0 Å². The first kappa shape index (κ1) is 13.6. The van der Waals surface area contributed by atoms with Gasteiger partial charge in [0, 0.05) is 18.5 Å². The van der Waals surface area contributed by atoms with Crippen molar-refractivity contribution in [2.75, 3.05) is 6.54 Å². The number of nitrogens with zero attached hydrogens (tertiary/aromatic N) is 1. The Labute approximate surface area is 113 Å². The second kappa shape index (κ2) is 6.36. The topological polar surface area (TPSA) is 49.4 Å². The van der Waals surface area contributed by atoms with E-state index in [1.807, 2.05) is 18.2 Å². The van der Waals surface area contributed by atoms with Crippen LogP contribution in [0.2, 0.25) is 0 Å². The van der Waals surface area contributed by atoms with Crippen LogP contribution in [0.1, 0.15) is 48.5 Å². The van der Waals surface area contributed by atoms with Gasteiger partial charge in [0.25, 0.3) is 5.91 Å². The Balaban J connectivity index is 2.02. The lowest BCUT2D eigenvalue weighted by atomic mass is 10.1. The maximum absolute atomic E-state index is 12.1. The first-order valence-electron chi connectivity index (χ1n) is 6.91. The van der Waals surface area contributed by atoms with Crippen molar-refractivity contribution >= 4 is 11.8 Å². The minimum Gasteiger partial charge on any atom is -0.273 e. The molecule has 1 aromatic carbocycles. The molecule has 1 fully saturated rings. The summed E-state index contributed by atoms with van der Waals surface area (Å²) in [5.41, 5.74) is 4.47. The number of hydrogen-bond donors (Lipinski definition) is 1. The van der Waals surface area contributed by atoms with Gasteiger partial charge in [0.2, 0.25) is 5.91 Å². The van der Waals surface area contributed by atoms with E-state index in [2.05, 4.69) is 12.3 Å². The third kappa shape index (κ3) is 3.56. The number of rotatable bonds is 4. The lowest BCUT2D eigenvalue weighted by molar-refractivity contribution is -0.135. The predicted octanol–water partition coefficient (Wildman–Crippen LogP) is 2.30. The van der Waals surface area contributed by atoms with Crippen LogP contribution in [0.3, 0.4) is 0 Å². The molecule has 1 aliphatic heterocycles. The van der Waals surface area contributed by atoms with Gasteiger partial charge in [-0.25, -0.2) is 0 Å². The minimum absolute atomic E-state index is 0.00399. The second-order valence-corrected chi connectivity index (χ2v) is 4.89. The minimum atomic E-state index is -0.201. The van der Waals surface area contributed by atoms with Crippen molar-refractivity contribution in [1.29, 1.82) is 0 Å². The van der Waals surface area contributed by atoms with E-state index in [0.717, 1.165) is 31.2 Å². The number of aryl methyl sites for hydroxylation is 1. The molecule has 102 valence electrons. The Morgan fingerprint density at radius 3 is 2.95 bits per heavy atom. The van der Waals surface area contributed by atoms with Gasteiger partial charge in [-0.2, -0.15) is 0 Å². The van der Waals surface area contributed by atoms with Gasteiger partial charge >= 0.3 is 0 Å². The fourth-order valence-corrected chi connectivity index (χ4v) is 2.27. The monoisotopic (exact) mass is 260 g/mol. The summed E-state index contributed by atoms with van der Waals surface area (Å²) in [4.78, 5) is 23.8. The molecule has 2 amide bonds. The van der Waals surface area contributed by atoms with Gasteiger partial charge in [0.05, 0.1) is 0 Å². The van der Waals surface area contributed by atoms with E-state index in [1.54, 1.807) is 6.07 Å². The number of amides is 2. The van der Waals surface area contributed by atoms with E-state index in [0.29, 0.717) is 18.5 Å². The Morgan fingerprint density at radius 1 is 1.37 bits per heavy atom. The van der Waals surface area contributed by atoms with Crippen molar-refractivity contribution in [3.8, 4) is 0 Å². The molecular weight excluding hydrogens is 240 g/mol. The van der Waals surface area contributed by atoms with Crippen molar-refractivity contribution in [3.05, 3.63) is 35.4 Å². The molecule has 0 saturated carbocycles. The van der Waals surface area contributed by atoms with Gasteiger partial charge in [0.1, 0.15) is 0 Å². The molecule has 2 rings (SSSR count). The fraction of sp³-hybridized carbons (Fsp3) is 0.467. The lowest BCUT2D eigenvalue weighted by Crippen LogP contribution is -2.48. The first-order chi connectivity index (χ1) is 9.20. The van der Waals surface area contributed by atoms with Gasteiger partial charge in [-0.05, 0) is 37.0 Å². The van der Waals surface area contributed by atoms with Gasteiger partial charge in [-0.15, -0.1) is 0 Å². The highest BCUT2D eigenvalue weighted by atomic mass is 16.2. The predicted molar refractivity (Wildman–Crippen MR) is 73.5 cm³/mol. The van der Waals surface area contributed by atoms with Crippen LogP contribution in [0.15, 0.2) is 24.3 Å². The standard InChI is InChI=1S/C15H20N2O2/c1-2-6-12-7-5-8-13(11-12)15(19)16-17-10-4-3-9-14(17)18/h5,7-8,11H,2-4,6,9-10H2,1H3,(H,16,19). The van der Waals surface area contributed by atoms with E-state index in [4.69, 9.17) is 0 Å². The second-order valence-electron chi connectivity index (χ2n) is 4.89. The summed E-state index contributed by atoms with van der Waals surface area (Å²) in [7, 11) is 0. The molecule has 0 spiro atoms. The molecule has 0 bridgehead atoms. The van der Waals surface area contributed by atoms with Crippen molar-refractivity contribution in [2.24, 2.45) is 0 Å². The summed E-state index contributed by atoms with van der Waals surface area (Å²) in [5, 5.41) is 1.44. The molecule has 1 saturated heterocycles. The Kier molecular flexibility index (Phi) is 4.55. The molecule has 1 heterocycles. The zero-order valence-corrected chi connectivity index (χ0v) is 11.3. The fourth-order valence-electron chi connectivity index (χ4n) is 2.27. The molecule has 4 heteroatoms. The number of carbonyl (C=O) groups is 2. The van der Waals surface area contributed by atoms with Gasteiger partial charge in [0.15, 0.2) is 0 Å². The number of nitrogens with one attached hydrogen (secondary N) is 1. The highest BCUT2D eigenvalue weighted by Crippen LogP contribution is 2.10. The molecule has 1 aromatic rings. The highest BCUT2D eigenvalue weighted by molar-refractivity contribution is 5.95. The van der Waals surface area contributed by atoms with E-state index in [1.165, 1.54) is 5.01 Å². The summed E-state index contributed by atoms with van der Waals surface area (Å²) in [6.07, 6.45) is 4.40. The van der Waals surface area contributed by atoms with E-state index < -0.39 is 0 Å². The molecule has 1 N–H and O–H groups in total. The smallest absolute Gasteiger partial charge is 0.269 e. The molecule has 4 nitrogen and oxygen atoms in total. The van der Waals surface area contributed by atoms with Crippen LogP contribution in [-0.2, 0) is 11.2 Å². The molecule has 0 aliphatic carbocycles. The molecule has 0 unspecified atom stereocenters. The number of benzene rings is 1. The molecule has 19 heavy (non-hydrogen) atoms. The summed E-state index contributed by atoms with van der Waals surface area (Å²) in [6, 6.07) is 7.58. The largest absolute Gasteiger partial charge is 0.273 e. The third-order valence-corrected chi connectivity index (χ3v) is 3.29. The number of hydrazine groups is 1. The number of carbonyl (C=O) groups excluding carboxylic acids is 2. The summed E-state index contributed by atoms with van der Waals surface area (Å²) >= 11 is 0. The maximum atomic E-state index is 12.1. The molecule has 0 radical (unpaired) electrons. The Morgan fingerprint density at radius 2 is 2.21 bits per heavy atom. The zero-order valence-electron chi connectivity index (χ0n) is 11.3. The summed E-state index contributed by atoms with van der Waals surface area (Å²) < 4.78 is 0. The Hall–Kier alpha value is -1.84. The van der Waals surface area contributed by atoms with Crippen LogP contribution < -0.4 is 5.43 Å². The highest BCUT2D eigenvalue weighted by Gasteiger charge is 2.20. The van der Waals surface area contributed by atoms with Crippen LogP contribution in [0.25, 0.3) is 0 Å². The normalized spacial score (nSPS) is 15.4. The van der Waals surface area contributed by atoms with E-state index in [-0.39, 0.29) is 11.8 Å². The van der Waals surface area contributed by atoms with E-state index >= 15 is 0 Å². The van der Waals surface area contributed by atoms with Crippen molar-refractivity contribution in [1.82, 2.24) is 10.4 Å². The van der Waals surface area contributed by atoms with Gasteiger partial charge in [-0.1, -0.05) is 25.5 Å². The molecule has 0 atom stereocenters. The number of piperidine rings is 1. The van der Waals surface area contributed by atoms with Crippen LogP contribution in [-0.4, -0.2) is 23.4 Å². The maximum Gasteiger partial charge on any atom is 0.269 e. The molecular formula is C15H20N2O2. The van der Waals surface area contributed by atoms with Crippen LogP contribution in [0, 0.1) is 0 Å². The third-order valence-electron chi connectivity index (χ3n) is 3.29.